The third-order valence-corrected chi connectivity index (χ3v) is 4.70. The summed E-state index contributed by atoms with van der Waals surface area (Å²) >= 11 is 0. The molecule has 1 N–H and O–H groups in total. The molecule has 1 unspecified atom stereocenters. The number of likely N-dealkylation sites (tertiary alicyclic amines) is 1. The van der Waals surface area contributed by atoms with Crippen molar-refractivity contribution in [2.75, 3.05) is 26.7 Å². The van der Waals surface area contributed by atoms with E-state index in [1.54, 1.807) is 0 Å². The smallest absolute Gasteiger partial charge is 0.260 e. The van der Waals surface area contributed by atoms with E-state index in [9.17, 15) is 4.79 Å². The Balaban J connectivity index is 0.00000243. The molecule has 0 saturated carbocycles. The van der Waals surface area contributed by atoms with E-state index in [0.29, 0.717) is 6.04 Å². The van der Waals surface area contributed by atoms with E-state index in [-0.39, 0.29) is 24.9 Å². The summed E-state index contributed by atoms with van der Waals surface area (Å²) in [5.74, 6) is 0.872. The summed E-state index contributed by atoms with van der Waals surface area (Å²) in [5, 5.41) is 3.17. The molecule has 1 saturated heterocycles. The molecule has 5 heteroatoms. The molecular formula is C21H27ClN2O2. The first-order chi connectivity index (χ1) is 12.3. The molecule has 2 aromatic rings. The SMILES string of the molecule is CNCC1CCCN1C(=O)COc1ccccc1Cc1ccccc1.Cl. The number of hydrogen-bond donors (Lipinski definition) is 1. The largest absolute Gasteiger partial charge is 0.483 e. The van der Waals surface area contributed by atoms with Gasteiger partial charge in [-0.15, -0.1) is 12.4 Å². The number of benzene rings is 2. The molecule has 1 atom stereocenters. The van der Waals surface area contributed by atoms with E-state index in [0.717, 1.165) is 43.7 Å². The Morgan fingerprint density at radius 2 is 1.88 bits per heavy atom. The number of carbonyl (C=O) groups excluding carboxylic acids is 1. The maximum atomic E-state index is 12.5. The van der Waals surface area contributed by atoms with Crippen LogP contribution in [0.2, 0.25) is 0 Å². The average molecular weight is 375 g/mol. The normalized spacial score (nSPS) is 16.2. The van der Waals surface area contributed by atoms with Crippen molar-refractivity contribution in [2.24, 2.45) is 0 Å². The number of hydrogen-bond acceptors (Lipinski definition) is 3. The van der Waals surface area contributed by atoms with E-state index in [1.165, 1.54) is 5.56 Å². The second kappa shape index (κ2) is 10.2. The topological polar surface area (TPSA) is 41.6 Å². The van der Waals surface area contributed by atoms with Crippen LogP contribution in [-0.2, 0) is 11.2 Å². The quantitative estimate of drug-likeness (QED) is 0.808. The maximum Gasteiger partial charge on any atom is 0.260 e. The van der Waals surface area contributed by atoms with Crippen molar-refractivity contribution < 1.29 is 9.53 Å². The third-order valence-electron chi connectivity index (χ3n) is 4.70. The van der Waals surface area contributed by atoms with Crippen molar-refractivity contribution in [3.05, 3.63) is 65.7 Å². The molecule has 0 bridgehead atoms. The zero-order valence-corrected chi connectivity index (χ0v) is 16.0. The monoisotopic (exact) mass is 374 g/mol. The fourth-order valence-electron chi connectivity index (χ4n) is 3.44. The standard InChI is InChI=1S/C21H26N2O2.ClH/c1-22-15-19-11-7-13-23(19)21(24)16-25-20-12-6-5-10-18(20)14-17-8-3-2-4-9-17;/h2-6,8-10,12,19,22H,7,11,13-16H2,1H3;1H. The Bertz CT molecular complexity index is 693. The van der Waals surface area contributed by atoms with Gasteiger partial charge in [-0.25, -0.2) is 0 Å². The molecule has 1 aliphatic rings. The van der Waals surface area contributed by atoms with Crippen LogP contribution in [-0.4, -0.2) is 43.6 Å². The minimum atomic E-state index is 0. The molecule has 1 amide bonds. The van der Waals surface area contributed by atoms with Gasteiger partial charge < -0.3 is 15.0 Å². The minimum absolute atomic E-state index is 0. The molecule has 1 aliphatic heterocycles. The van der Waals surface area contributed by atoms with Gasteiger partial charge in [-0.3, -0.25) is 4.79 Å². The number of likely N-dealkylation sites (N-methyl/N-ethyl adjacent to an activating group) is 1. The predicted molar refractivity (Wildman–Crippen MR) is 107 cm³/mol. The van der Waals surface area contributed by atoms with Crippen molar-refractivity contribution in [3.63, 3.8) is 0 Å². The Labute approximate surface area is 162 Å². The van der Waals surface area contributed by atoms with E-state index < -0.39 is 0 Å². The molecular weight excluding hydrogens is 348 g/mol. The summed E-state index contributed by atoms with van der Waals surface area (Å²) in [6, 6.07) is 18.6. The van der Waals surface area contributed by atoms with E-state index in [2.05, 4.69) is 23.5 Å². The van der Waals surface area contributed by atoms with Crippen LogP contribution in [0.25, 0.3) is 0 Å². The highest BCUT2D eigenvalue weighted by molar-refractivity contribution is 5.85. The number of para-hydroxylation sites is 1. The van der Waals surface area contributed by atoms with E-state index in [4.69, 9.17) is 4.74 Å². The number of nitrogens with one attached hydrogen (secondary N) is 1. The lowest BCUT2D eigenvalue weighted by Gasteiger charge is -2.24. The molecule has 0 spiro atoms. The highest BCUT2D eigenvalue weighted by Crippen LogP contribution is 2.22. The Kier molecular flexibility index (Phi) is 7.95. The van der Waals surface area contributed by atoms with Crippen molar-refractivity contribution >= 4 is 18.3 Å². The molecule has 4 nitrogen and oxygen atoms in total. The van der Waals surface area contributed by atoms with Crippen molar-refractivity contribution in [1.82, 2.24) is 10.2 Å². The van der Waals surface area contributed by atoms with Crippen LogP contribution in [0.5, 0.6) is 5.75 Å². The summed E-state index contributed by atoms with van der Waals surface area (Å²) in [6.07, 6.45) is 2.94. The second-order valence-corrected chi connectivity index (χ2v) is 6.50. The van der Waals surface area contributed by atoms with E-state index in [1.807, 2.05) is 48.3 Å². The number of halogens is 1. The van der Waals surface area contributed by atoms with Crippen LogP contribution in [0.4, 0.5) is 0 Å². The van der Waals surface area contributed by atoms with Crippen LogP contribution < -0.4 is 10.1 Å². The molecule has 0 aromatic heterocycles. The van der Waals surface area contributed by atoms with Crippen LogP contribution >= 0.6 is 12.4 Å². The van der Waals surface area contributed by atoms with Crippen LogP contribution in [0.15, 0.2) is 54.6 Å². The fourth-order valence-corrected chi connectivity index (χ4v) is 3.44. The van der Waals surface area contributed by atoms with Gasteiger partial charge in [-0.05, 0) is 37.1 Å². The summed E-state index contributed by atoms with van der Waals surface area (Å²) in [5.41, 5.74) is 2.34. The van der Waals surface area contributed by atoms with Gasteiger partial charge in [-0.1, -0.05) is 48.5 Å². The van der Waals surface area contributed by atoms with Gasteiger partial charge in [0.1, 0.15) is 5.75 Å². The summed E-state index contributed by atoms with van der Waals surface area (Å²) in [7, 11) is 1.93. The minimum Gasteiger partial charge on any atom is -0.483 e. The van der Waals surface area contributed by atoms with Crippen LogP contribution in [0, 0.1) is 0 Å². The first-order valence-corrected chi connectivity index (χ1v) is 8.96. The lowest BCUT2D eigenvalue weighted by atomic mass is 10.0. The Morgan fingerprint density at radius 1 is 1.15 bits per heavy atom. The number of carbonyl (C=O) groups is 1. The molecule has 140 valence electrons. The zero-order chi connectivity index (χ0) is 17.5. The highest BCUT2D eigenvalue weighted by atomic mass is 35.5. The van der Waals surface area contributed by atoms with Gasteiger partial charge in [0.05, 0.1) is 0 Å². The predicted octanol–water partition coefficient (Wildman–Crippen LogP) is 3.29. The molecule has 0 radical (unpaired) electrons. The average Bonchev–Trinajstić information content (AvgIpc) is 3.10. The molecule has 26 heavy (non-hydrogen) atoms. The number of ether oxygens (including phenoxy) is 1. The van der Waals surface area contributed by atoms with Gasteiger partial charge in [0, 0.05) is 25.6 Å². The van der Waals surface area contributed by atoms with Crippen LogP contribution in [0.1, 0.15) is 24.0 Å². The summed E-state index contributed by atoms with van der Waals surface area (Å²) in [4.78, 5) is 14.5. The van der Waals surface area contributed by atoms with Crippen LogP contribution in [0.3, 0.4) is 0 Å². The molecule has 0 aliphatic carbocycles. The number of rotatable bonds is 7. The third kappa shape index (κ3) is 5.23. The van der Waals surface area contributed by atoms with Crippen molar-refractivity contribution in [3.8, 4) is 5.75 Å². The van der Waals surface area contributed by atoms with Crippen molar-refractivity contribution in [1.29, 1.82) is 0 Å². The number of amides is 1. The summed E-state index contributed by atoms with van der Waals surface area (Å²) in [6.45, 7) is 1.78. The summed E-state index contributed by atoms with van der Waals surface area (Å²) < 4.78 is 5.90. The second-order valence-electron chi connectivity index (χ2n) is 6.50. The Morgan fingerprint density at radius 3 is 2.65 bits per heavy atom. The van der Waals surface area contributed by atoms with Gasteiger partial charge in [0.15, 0.2) is 6.61 Å². The fraction of sp³-hybridized carbons (Fsp3) is 0.381. The Hall–Kier alpha value is -2.04. The molecule has 2 aromatic carbocycles. The van der Waals surface area contributed by atoms with Gasteiger partial charge in [-0.2, -0.15) is 0 Å². The number of nitrogens with zero attached hydrogens (tertiary/aromatic N) is 1. The van der Waals surface area contributed by atoms with E-state index >= 15 is 0 Å². The molecule has 3 rings (SSSR count). The zero-order valence-electron chi connectivity index (χ0n) is 15.2. The molecule has 1 heterocycles. The lowest BCUT2D eigenvalue weighted by molar-refractivity contribution is -0.134. The first kappa shape index (κ1) is 20.3. The highest BCUT2D eigenvalue weighted by Gasteiger charge is 2.28. The van der Waals surface area contributed by atoms with Crippen molar-refractivity contribution in [2.45, 2.75) is 25.3 Å². The first-order valence-electron chi connectivity index (χ1n) is 8.96. The van der Waals surface area contributed by atoms with Gasteiger partial charge in [0.25, 0.3) is 5.91 Å². The molecule has 1 fully saturated rings. The maximum absolute atomic E-state index is 12.5. The lowest BCUT2D eigenvalue weighted by Crippen LogP contribution is -2.43. The van der Waals surface area contributed by atoms with Gasteiger partial charge in [0.2, 0.25) is 0 Å². The van der Waals surface area contributed by atoms with Gasteiger partial charge >= 0.3 is 0 Å².